The third kappa shape index (κ3) is 2.70. The molecule has 0 radical (unpaired) electrons. The zero-order valence-electron chi connectivity index (χ0n) is 11.1. The predicted octanol–water partition coefficient (Wildman–Crippen LogP) is 0.457. The number of aliphatic hydroxyl groups excluding tert-OH is 1. The summed E-state index contributed by atoms with van der Waals surface area (Å²) in [5, 5.41) is 18.6. The summed E-state index contributed by atoms with van der Waals surface area (Å²) in [4.78, 5) is 11.2. The van der Waals surface area contributed by atoms with E-state index in [0.717, 1.165) is 16.3 Å². The normalized spacial score (nSPS) is 23.9. The molecule has 0 spiro atoms. The van der Waals surface area contributed by atoms with E-state index in [1.807, 2.05) is 6.92 Å². The lowest BCUT2D eigenvalue weighted by Crippen LogP contribution is -2.40. The molecule has 1 aliphatic rings. The highest BCUT2D eigenvalue weighted by molar-refractivity contribution is 7.89. The minimum absolute atomic E-state index is 0.0510. The van der Waals surface area contributed by atoms with Crippen LogP contribution in [0.2, 0.25) is 0 Å². The molecule has 0 bridgehead atoms. The van der Waals surface area contributed by atoms with Crippen molar-refractivity contribution in [3.05, 3.63) is 29.8 Å². The maximum atomic E-state index is 12.4. The van der Waals surface area contributed by atoms with Gasteiger partial charge in [0.05, 0.1) is 11.0 Å². The van der Waals surface area contributed by atoms with Crippen molar-refractivity contribution in [3.63, 3.8) is 0 Å². The van der Waals surface area contributed by atoms with Crippen molar-refractivity contribution in [2.45, 2.75) is 36.8 Å². The molecule has 2 atom stereocenters. The van der Waals surface area contributed by atoms with Gasteiger partial charge >= 0.3 is 5.97 Å². The van der Waals surface area contributed by atoms with Gasteiger partial charge in [0.2, 0.25) is 10.0 Å². The predicted molar refractivity (Wildman–Crippen MR) is 71.8 cm³/mol. The Hall–Kier alpha value is -1.44. The zero-order valence-corrected chi connectivity index (χ0v) is 11.9. The maximum absolute atomic E-state index is 12.4. The number of carboxylic acids is 1. The van der Waals surface area contributed by atoms with Crippen LogP contribution in [0.5, 0.6) is 0 Å². The summed E-state index contributed by atoms with van der Waals surface area (Å²) >= 11 is 0. The minimum atomic E-state index is -3.90. The minimum Gasteiger partial charge on any atom is -0.480 e. The molecule has 110 valence electrons. The van der Waals surface area contributed by atoms with Gasteiger partial charge in [-0.15, -0.1) is 0 Å². The van der Waals surface area contributed by atoms with Gasteiger partial charge in [0.1, 0.15) is 6.04 Å². The zero-order chi connectivity index (χ0) is 14.9. The summed E-state index contributed by atoms with van der Waals surface area (Å²) in [6.45, 7) is 1.77. The number of carbonyl (C=O) groups is 1. The van der Waals surface area contributed by atoms with Gasteiger partial charge in [0, 0.05) is 13.0 Å². The van der Waals surface area contributed by atoms with Crippen LogP contribution in [0.4, 0.5) is 0 Å². The molecule has 6 nitrogen and oxygen atoms in total. The van der Waals surface area contributed by atoms with Gasteiger partial charge in [0.15, 0.2) is 0 Å². The Morgan fingerprint density at radius 3 is 2.45 bits per heavy atom. The SMILES string of the molecule is CCc1ccc(S(=O)(=O)N2CC(O)CC2C(=O)O)cc1. The first-order valence-corrected chi connectivity index (χ1v) is 7.82. The molecule has 1 fully saturated rings. The molecule has 0 amide bonds. The van der Waals surface area contributed by atoms with Gasteiger partial charge in [-0.1, -0.05) is 19.1 Å². The molecule has 1 aromatic carbocycles. The second kappa shape index (κ2) is 5.51. The lowest BCUT2D eigenvalue weighted by Gasteiger charge is -2.20. The van der Waals surface area contributed by atoms with Crippen LogP contribution in [0.25, 0.3) is 0 Å². The number of carboxylic acid groups (broad SMARTS) is 1. The highest BCUT2D eigenvalue weighted by atomic mass is 32.2. The molecule has 1 aliphatic heterocycles. The van der Waals surface area contributed by atoms with Crippen LogP contribution in [-0.4, -0.2) is 47.6 Å². The lowest BCUT2D eigenvalue weighted by atomic mass is 10.2. The molecule has 1 saturated heterocycles. The number of aliphatic carboxylic acids is 1. The number of rotatable bonds is 4. The van der Waals surface area contributed by atoms with Gasteiger partial charge in [0.25, 0.3) is 0 Å². The van der Waals surface area contributed by atoms with Crippen molar-refractivity contribution in [1.82, 2.24) is 4.31 Å². The van der Waals surface area contributed by atoms with E-state index >= 15 is 0 Å². The number of β-amino-alcohol motifs (C(OH)–C–C–N with tert-alkyl or cyclic N) is 1. The summed E-state index contributed by atoms with van der Waals surface area (Å²) < 4.78 is 25.8. The average Bonchev–Trinajstić information content (AvgIpc) is 2.82. The average molecular weight is 299 g/mol. The smallest absolute Gasteiger partial charge is 0.322 e. The molecule has 2 unspecified atom stereocenters. The standard InChI is InChI=1S/C13H17NO5S/c1-2-9-3-5-11(6-4-9)20(18,19)14-8-10(15)7-12(14)13(16)17/h3-6,10,12,15H,2,7-8H2,1H3,(H,16,17). The number of aryl methyl sites for hydroxylation is 1. The summed E-state index contributed by atoms with van der Waals surface area (Å²) in [7, 11) is -3.90. The van der Waals surface area contributed by atoms with E-state index in [1.165, 1.54) is 12.1 Å². The van der Waals surface area contributed by atoms with E-state index in [0.29, 0.717) is 0 Å². The Bertz CT molecular complexity index is 596. The molecule has 7 heteroatoms. The second-order valence-electron chi connectivity index (χ2n) is 4.82. The van der Waals surface area contributed by atoms with Crippen molar-refractivity contribution in [2.75, 3.05) is 6.54 Å². The van der Waals surface area contributed by atoms with E-state index in [9.17, 15) is 18.3 Å². The first-order valence-electron chi connectivity index (χ1n) is 6.38. The number of hydrogen-bond donors (Lipinski definition) is 2. The fourth-order valence-electron chi connectivity index (χ4n) is 2.31. The largest absolute Gasteiger partial charge is 0.480 e. The fraction of sp³-hybridized carbons (Fsp3) is 0.462. The molecule has 1 aromatic rings. The topological polar surface area (TPSA) is 94.9 Å². The van der Waals surface area contributed by atoms with E-state index in [4.69, 9.17) is 5.11 Å². The number of nitrogens with zero attached hydrogens (tertiary/aromatic N) is 1. The van der Waals surface area contributed by atoms with Gasteiger partial charge in [-0.3, -0.25) is 4.79 Å². The van der Waals surface area contributed by atoms with Crippen molar-refractivity contribution >= 4 is 16.0 Å². The Balaban J connectivity index is 2.35. The third-order valence-electron chi connectivity index (χ3n) is 3.46. The number of aliphatic hydroxyl groups is 1. The van der Waals surface area contributed by atoms with Crippen LogP contribution < -0.4 is 0 Å². The summed E-state index contributed by atoms with van der Waals surface area (Å²) in [5.41, 5.74) is 1.00. The molecule has 20 heavy (non-hydrogen) atoms. The van der Waals surface area contributed by atoms with Crippen LogP contribution in [0.3, 0.4) is 0 Å². The Morgan fingerprint density at radius 2 is 1.95 bits per heavy atom. The second-order valence-corrected chi connectivity index (χ2v) is 6.71. The van der Waals surface area contributed by atoms with Gasteiger partial charge in [-0.2, -0.15) is 4.31 Å². The van der Waals surface area contributed by atoms with Crippen LogP contribution in [0.1, 0.15) is 18.9 Å². The fourth-order valence-corrected chi connectivity index (χ4v) is 3.94. The highest BCUT2D eigenvalue weighted by Crippen LogP contribution is 2.26. The first kappa shape index (κ1) is 15.0. The van der Waals surface area contributed by atoms with Gasteiger partial charge in [-0.05, 0) is 24.1 Å². The Labute approximate surface area is 117 Å². The number of hydrogen-bond acceptors (Lipinski definition) is 4. The maximum Gasteiger partial charge on any atom is 0.322 e. The molecular formula is C13H17NO5S. The van der Waals surface area contributed by atoms with Crippen LogP contribution in [-0.2, 0) is 21.2 Å². The molecular weight excluding hydrogens is 282 g/mol. The number of benzene rings is 1. The molecule has 0 aromatic heterocycles. The quantitative estimate of drug-likeness (QED) is 0.842. The monoisotopic (exact) mass is 299 g/mol. The molecule has 0 saturated carbocycles. The van der Waals surface area contributed by atoms with Crippen molar-refractivity contribution in [3.8, 4) is 0 Å². The van der Waals surface area contributed by atoms with E-state index < -0.39 is 28.1 Å². The van der Waals surface area contributed by atoms with Crippen LogP contribution in [0.15, 0.2) is 29.2 Å². The lowest BCUT2D eigenvalue weighted by molar-refractivity contribution is -0.140. The van der Waals surface area contributed by atoms with E-state index in [2.05, 4.69) is 0 Å². The van der Waals surface area contributed by atoms with Crippen molar-refractivity contribution in [1.29, 1.82) is 0 Å². The summed E-state index contributed by atoms with van der Waals surface area (Å²) in [6, 6.07) is 5.14. The number of sulfonamides is 1. The Kier molecular flexibility index (Phi) is 4.12. The van der Waals surface area contributed by atoms with Gasteiger partial charge < -0.3 is 10.2 Å². The van der Waals surface area contributed by atoms with Crippen molar-refractivity contribution < 1.29 is 23.4 Å². The summed E-state index contributed by atoms with van der Waals surface area (Å²) in [5.74, 6) is -1.24. The molecule has 0 aliphatic carbocycles. The summed E-state index contributed by atoms with van der Waals surface area (Å²) in [6.07, 6.45) is -0.233. The Morgan fingerprint density at radius 1 is 1.35 bits per heavy atom. The first-order chi connectivity index (χ1) is 9.36. The molecule has 2 N–H and O–H groups in total. The van der Waals surface area contributed by atoms with E-state index in [1.54, 1.807) is 12.1 Å². The van der Waals surface area contributed by atoms with Crippen LogP contribution in [0, 0.1) is 0 Å². The van der Waals surface area contributed by atoms with Crippen molar-refractivity contribution in [2.24, 2.45) is 0 Å². The van der Waals surface area contributed by atoms with Crippen LogP contribution >= 0.6 is 0 Å². The van der Waals surface area contributed by atoms with Gasteiger partial charge in [-0.25, -0.2) is 8.42 Å². The molecule has 1 heterocycles. The third-order valence-corrected chi connectivity index (χ3v) is 5.35. The highest BCUT2D eigenvalue weighted by Gasteiger charge is 2.43. The van der Waals surface area contributed by atoms with E-state index in [-0.39, 0.29) is 17.9 Å². The molecule has 2 rings (SSSR count).